The van der Waals surface area contributed by atoms with E-state index in [0.717, 1.165) is 23.9 Å². The molecule has 1 saturated heterocycles. The molecule has 1 N–H and O–H groups in total. The van der Waals surface area contributed by atoms with Gasteiger partial charge in [-0.3, -0.25) is 30.4 Å². The molecule has 0 radical (unpaired) electrons. The number of imidazole rings is 1. The molecule has 1 aliphatic rings. The van der Waals surface area contributed by atoms with Gasteiger partial charge in [0.15, 0.2) is 5.16 Å². The fourth-order valence-electron chi connectivity index (χ4n) is 4.79. The molecule has 0 aliphatic carbocycles. The van der Waals surface area contributed by atoms with Crippen LogP contribution in [0.3, 0.4) is 0 Å². The Labute approximate surface area is 258 Å². The van der Waals surface area contributed by atoms with Gasteiger partial charge in [-0.25, -0.2) is 13.4 Å². The third-order valence-electron chi connectivity index (χ3n) is 7.16. The number of carbonyl (C=O) groups is 1. The molecule has 1 amide bonds. The predicted molar refractivity (Wildman–Crippen MR) is 164 cm³/mol. The van der Waals surface area contributed by atoms with Crippen LogP contribution in [0.5, 0.6) is 0 Å². The summed E-state index contributed by atoms with van der Waals surface area (Å²) in [6, 6.07) is 7.83. The van der Waals surface area contributed by atoms with Gasteiger partial charge in [-0.2, -0.15) is 9.41 Å². The van der Waals surface area contributed by atoms with Crippen LogP contribution in [0.25, 0.3) is 0 Å². The lowest BCUT2D eigenvalue weighted by atomic mass is 9.98. The van der Waals surface area contributed by atoms with Gasteiger partial charge in [0.1, 0.15) is 4.90 Å². The summed E-state index contributed by atoms with van der Waals surface area (Å²) in [6.45, 7) is 4.83. The number of nitro benzene ring substituents is 2. The van der Waals surface area contributed by atoms with Gasteiger partial charge in [0.25, 0.3) is 11.4 Å². The van der Waals surface area contributed by atoms with Crippen LogP contribution >= 0.6 is 11.8 Å². The Balaban J connectivity index is 1.60. The van der Waals surface area contributed by atoms with Crippen molar-refractivity contribution in [2.24, 2.45) is 18.1 Å². The molecule has 44 heavy (non-hydrogen) atoms. The Kier molecular flexibility index (Phi) is 10.3. The van der Waals surface area contributed by atoms with Gasteiger partial charge in [0.05, 0.1) is 32.6 Å². The molecule has 0 saturated carbocycles. The first-order valence-electron chi connectivity index (χ1n) is 13.8. The highest BCUT2D eigenvalue weighted by molar-refractivity contribution is 7.99. The second kappa shape index (κ2) is 14.0. The number of piperidine rings is 1. The number of non-ortho nitro benzene ring substituents is 1. The number of nitro groups is 2. The Morgan fingerprint density at radius 2 is 1.93 bits per heavy atom. The van der Waals surface area contributed by atoms with E-state index >= 15 is 0 Å². The van der Waals surface area contributed by atoms with E-state index in [-0.39, 0.29) is 35.3 Å². The van der Waals surface area contributed by atoms with Gasteiger partial charge in [-0.1, -0.05) is 6.07 Å². The first-order chi connectivity index (χ1) is 21.0. The molecule has 2 aromatic carbocycles. The molecule has 15 nitrogen and oxygen atoms in total. The minimum atomic E-state index is -4.28. The highest BCUT2D eigenvalue weighted by Gasteiger charge is 2.36. The summed E-state index contributed by atoms with van der Waals surface area (Å²) in [5.41, 5.74) is 2.36. The summed E-state index contributed by atoms with van der Waals surface area (Å²) >= 11 is 1.13. The lowest BCUT2D eigenvalue weighted by Gasteiger charge is -2.34. The number of anilines is 1. The van der Waals surface area contributed by atoms with Gasteiger partial charge in [0.2, 0.25) is 15.9 Å². The van der Waals surface area contributed by atoms with Crippen LogP contribution in [0, 0.1) is 26.1 Å². The number of benzene rings is 2. The Morgan fingerprint density at radius 3 is 2.57 bits per heavy atom. The van der Waals surface area contributed by atoms with Gasteiger partial charge in [-0.15, -0.1) is 0 Å². The average Bonchev–Trinajstić information content (AvgIpc) is 3.42. The van der Waals surface area contributed by atoms with E-state index in [9.17, 15) is 33.4 Å². The Bertz CT molecular complexity index is 1690. The summed E-state index contributed by atoms with van der Waals surface area (Å²) in [4.78, 5) is 40.9. The monoisotopic (exact) mass is 644 g/mol. The van der Waals surface area contributed by atoms with E-state index in [1.165, 1.54) is 22.7 Å². The van der Waals surface area contributed by atoms with Crippen molar-refractivity contribution in [2.45, 2.75) is 41.6 Å². The predicted octanol–water partition coefficient (Wildman–Crippen LogP) is 4.10. The molecule has 1 aliphatic heterocycles. The molecule has 0 spiro atoms. The van der Waals surface area contributed by atoms with E-state index < -0.39 is 31.5 Å². The maximum absolute atomic E-state index is 13.8. The van der Waals surface area contributed by atoms with Crippen LogP contribution in [-0.2, 0) is 21.9 Å². The van der Waals surface area contributed by atoms with Crippen LogP contribution in [0.4, 0.5) is 17.1 Å². The minimum Gasteiger partial charge on any atom is -0.343 e. The highest BCUT2D eigenvalue weighted by atomic mass is 32.2. The first kappa shape index (κ1) is 32.6. The number of hydrazone groups is 1. The number of hydrogen-bond acceptors (Lipinski definition) is 11. The fraction of sp³-hybridized carbons (Fsp3) is 0.370. The molecular weight excluding hydrogens is 612 g/mol. The Morgan fingerprint density at radius 1 is 1.18 bits per heavy atom. The third kappa shape index (κ3) is 7.23. The van der Waals surface area contributed by atoms with Gasteiger partial charge >= 0.3 is 0 Å². The van der Waals surface area contributed by atoms with Crippen LogP contribution in [-0.4, -0.2) is 75.3 Å². The van der Waals surface area contributed by atoms with Crippen molar-refractivity contribution in [3.8, 4) is 0 Å². The van der Waals surface area contributed by atoms with Gasteiger partial charge < -0.3 is 9.47 Å². The van der Waals surface area contributed by atoms with Crippen molar-refractivity contribution in [2.75, 3.05) is 31.6 Å². The smallest absolute Gasteiger partial charge is 0.283 e. The summed E-state index contributed by atoms with van der Waals surface area (Å²) in [5.74, 6) is -0.656. The minimum absolute atomic E-state index is 0.0273. The van der Waals surface area contributed by atoms with Gasteiger partial charge in [-0.05, 0) is 50.6 Å². The number of aryl methyl sites for hydroxylation is 1. The van der Waals surface area contributed by atoms with E-state index in [2.05, 4.69) is 15.5 Å². The molecule has 4 rings (SSSR count). The van der Waals surface area contributed by atoms with Crippen molar-refractivity contribution in [3.05, 3.63) is 74.6 Å². The zero-order valence-corrected chi connectivity index (χ0v) is 26.0. The summed E-state index contributed by atoms with van der Waals surface area (Å²) < 4.78 is 30.5. The normalized spacial score (nSPS) is 15.8. The molecule has 1 aromatic heterocycles. The van der Waals surface area contributed by atoms with Gasteiger partial charge in [0, 0.05) is 69.4 Å². The largest absolute Gasteiger partial charge is 0.343 e. The molecule has 0 bridgehead atoms. The number of nitrogens with zero attached hydrogens (tertiary/aromatic N) is 7. The zero-order chi connectivity index (χ0) is 32.0. The fourth-order valence-corrected chi connectivity index (χ4v) is 7.37. The standard InChI is InChI=1S/C27H32N8O7S2/c1-4-32(5-2)26(36)20-7-6-13-33(18-20)44(41,42)25-16-21(34(37)38)9-10-22(25)30-29-17-19-8-11-24(23(15-19)35(39)40)43-27-28-12-14-31(27)3/h8-12,14-17,20,30H,4-7,13,18H2,1-3H3/b29-17-/t20-/m1/s1. The maximum atomic E-state index is 13.8. The van der Waals surface area contributed by atoms with E-state index in [4.69, 9.17) is 0 Å². The van der Waals surface area contributed by atoms with Crippen molar-refractivity contribution in [3.63, 3.8) is 0 Å². The first-order valence-corrected chi connectivity index (χ1v) is 16.0. The number of rotatable bonds is 12. The van der Waals surface area contributed by atoms with Crippen LogP contribution < -0.4 is 5.43 Å². The molecule has 1 fully saturated rings. The Hall–Kier alpha value is -4.35. The molecule has 234 valence electrons. The van der Waals surface area contributed by atoms with Crippen molar-refractivity contribution in [1.82, 2.24) is 18.8 Å². The van der Waals surface area contributed by atoms with Crippen LogP contribution in [0.2, 0.25) is 0 Å². The second-order valence-corrected chi connectivity index (χ2v) is 12.8. The average molecular weight is 645 g/mol. The zero-order valence-electron chi connectivity index (χ0n) is 24.3. The maximum Gasteiger partial charge on any atom is 0.283 e. The summed E-state index contributed by atoms with van der Waals surface area (Å²) in [7, 11) is -2.51. The van der Waals surface area contributed by atoms with E-state index in [1.54, 1.807) is 41.0 Å². The second-order valence-electron chi connectivity index (χ2n) is 9.93. The summed E-state index contributed by atoms with van der Waals surface area (Å²) in [5, 5.41) is 27.9. The third-order valence-corrected chi connectivity index (χ3v) is 10.2. The van der Waals surface area contributed by atoms with Crippen LogP contribution in [0.15, 0.2) is 68.8 Å². The van der Waals surface area contributed by atoms with Crippen molar-refractivity contribution in [1.29, 1.82) is 0 Å². The molecule has 17 heteroatoms. The number of nitrogens with one attached hydrogen (secondary N) is 1. The molecule has 3 aromatic rings. The molecule has 0 unspecified atom stereocenters. The number of hydrogen-bond donors (Lipinski definition) is 1. The number of aromatic nitrogens is 2. The van der Waals surface area contributed by atoms with E-state index in [0.29, 0.717) is 41.5 Å². The molecule has 1 atom stereocenters. The highest BCUT2D eigenvalue weighted by Crippen LogP contribution is 2.35. The number of amides is 1. The topological polar surface area (TPSA) is 186 Å². The SMILES string of the molecule is CCN(CC)C(=O)[C@@H]1CCCN(S(=O)(=O)c2cc([N+](=O)[O-])ccc2N/N=C\c2ccc(Sc3nccn3C)c([N+](=O)[O-])c2)C1. The van der Waals surface area contributed by atoms with Crippen molar-refractivity contribution < 1.29 is 23.1 Å². The van der Waals surface area contributed by atoms with E-state index in [1.807, 2.05) is 13.8 Å². The lowest BCUT2D eigenvalue weighted by molar-refractivity contribution is -0.387. The quantitative estimate of drug-likeness (QED) is 0.171. The molecular formula is C27H32N8O7S2. The van der Waals surface area contributed by atoms with Crippen molar-refractivity contribution >= 4 is 51.0 Å². The summed E-state index contributed by atoms with van der Waals surface area (Å²) in [6.07, 6.45) is 5.59. The van der Waals surface area contributed by atoms with Crippen LogP contribution in [0.1, 0.15) is 32.3 Å². The number of sulfonamides is 1. The molecule has 2 heterocycles. The lowest BCUT2D eigenvalue weighted by Crippen LogP contribution is -2.46. The number of carbonyl (C=O) groups excluding carboxylic acids is 1.